The van der Waals surface area contributed by atoms with Gasteiger partial charge in [0.25, 0.3) is 0 Å². The van der Waals surface area contributed by atoms with Crippen molar-refractivity contribution in [3.8, 4) is 0 Å². The normalized spacial score (nSPS) is 11.8. The van der Waals surface area contributed by atoms with E-state index < -0.39 is 11.7 Å². The van der Waals surface area contributed by atoms with E-state index >= 15 is 0 Å². The van der Waals surface area contributed by atoms with E-state index in [1.165, 1.54) is 12.3 Å². The molecular weight excluding hydrogens is 265 g/mol. The quantitative estimate of drug-likeness (QED) is 0.650. The number of aryl methyl sites for hydroxylation is 1. The number of benzene rings is 2. The minimum Gasteiger partial charge on any atom is -0.279 e. The second-order valence-electron chi connectivity index (χ2n) is 4.36. The summed E-state index contributed by atoms with van der Waals surface area (Å²) in [5.41, 5.74) is 4.37. The molecule has 20 heavy (non-hydrogen) atoms. The Morgan fingerprint density at radius 1 is 1.05 bits per heavy atom. The fraction of sp³-hybridized carbons (Fsp3) is 0.133. The Balaban J connectivity index is 2.06. The molecule has 0 heterocycles. The summed E-state index contributed by atoms with van der Waals surface area (Å²) >= 11 is 0. The zero-order chi connectivity index (χ0) is 14.6. The molecule has 2 aromatic rings. The van der Waals surface area contributed by atoms with Gasteiger partial charge in [0.1, 0.15) is 0 Å². The van der Waals surface area contributed by atoms with Crippen LogP contribution in [-0.2, 0) is 6.18 Å². The van der Waals surface area contributed by atoms with Crippen molar-refractivity contribution in [1.82, 2.24) is 0 Å². The van der Waals surface area contributed by atoms with Crippen LogP contribution in [0.2, 0.25) is 0 Å². The molecule has 0 atom stereocenters. The average Bonchev–Trinajstić information content (AvgIpc) is 2.40. The van der Waals surface area contributed by atoms with E-state index in [2.05, 4.69) is 10.5 Å². The van der Waals surface area contributed by atoms with Crippen LogP contribution in [0, 0.1) is 6.92 Å². The number of anilines is 1. The van der Waals surface area contributed by atoms with E-state index in [0.717, 1.165) is 23.4 Å². The van der Waals surface area contributed by atoms with Crippen LogP contribution in [0.4, 0.5) is 18.9 Å². The Labute approximate surface area is 114 Å². The molecule has 0 aliphatic rings. The van der Waals surface area contributed by atoms with Gasteiger partial charge in [-0.15, -0.1) is 0 Å². The van der Waals surface area contributed by atoms with Crippen LogP contribution in [0.25, 0.3) is 0 Å². The van der Waals surface area contributed by atoms with Crippen molar-refractivity contribution in [2.45, 2.75) is 13.1 Å². The summed E-state index contributed by atoms with van der Waals surface area (Å²) < 4.78 is 37.6. The highest BCUT2D eigenvalue weighted by Gasteiger charge is 2.30. The predicted molar refractivity (Wildman–Crippen MR) is 73.8 cm³/mol. The molecule has 0 bridgehead atoms. The van der Waals surface area contributed by atoms with Crippen molar-refractivity contribution >= 4 is 11.9 Å². The van der Waals surface area contributed by atoms with E-state index in [4.69, 9.17) is 0 Å². The van der Waals surface area contributed by atoms with Gasteiger partial charge >= 0.3 is 6.18 Å². The average molecular weight is 278 g/mol. The summed E-state index contributed by atoms with van der Waals surface area (Å²) in [5, 5.41) is 3.92. The Hall–Kier alpha value is -2.30. The van der Waals surface area contributed by atoms with Crippen LogP contribution in [-0.4, -0.2) is 6.21 Å². The molecule has 5 heteroatoms. The third-order valence-electron chi connectivity index (χ3n) is 2.67. The fourth-order valence-corrected chi connectivity index (χ4v) is 1.60. The van der Waals surface area contributed by atoms with Crippen LogP contribution in [0.1, 0.15) is 16.7 Å². The van der Waals surface area contributed by atoms with E-state index in [1.54, 1.807) is 6.07 Å². The van der Waals surface area contributed by atoms with E-state index in [0.29, 0.717) is 5.56 Å². The smallest absolute Gasteiger partial charge is 0.279 e. The third kappa shape index (κ3) is 3.85. The largest absolute Gasteiger partial charge is 0.416 e. The van der Waals surface area contributed by atoms with Gasteiger partial charge in [-0.1, -0.05) is 29.8 Å². The maximum absolute atomic E-state index is 12.5. The van der Waals surface area contributed by atoms with Gasteiger partial charge in [-0.05, 0) is 36.8 Å². The summed E-state index contributed by atoms with van der Waals surface area (Å²) in [6.07, 6.45) is -2.98. The van der Waals surface area contributed by atoms with Crippen molar-refractivity contribution in [3.05, 3.63) is 65.2 Å². The summed E-state index contributed by atoms with van der Waals surface area (Å²) in [6.45, 7) is 1.97. The Morgan fingerprint density at radius 3 is 2.40 bits per heavy atom. The molecule has 0 amide bonds. The molecule has 2 nitrogen and oxygen atoms in total. The summed E-state index contributed by atoms with van der Waals surface area (Å²) in [6, 6.07) is 12.5. The summed E-state index contributed by atoms with van der Waals surface area (Å²) in [4.78, 5) is 0. The predicted octanol–water partition coefficient (Wildman–Crippen LogP) is 4.46. The Bertz CT molecular complexity index is 601. The zero-order valence-electron chi connectivity index (χ0n) is 10.8. The third-order valence-corrected chi connectivity index (χ3v) is 2.67. The maximum Gasteiger partial charge on any atom is 0.416 e. The Kier molecular flexibility index (Phi) is 4.08. The molecule has 0 aliphatic heterocycles. The molecule has 0 radical (unpaired) electrons. The van der Waals surface area contributed by atoms with Crippen molar-refractivity contribution < 1.29 is 13.2 Å². The lowest BCUT2D eigenvalue weighted by molar-refractivity contribution is -0.137. The molecule has 2 aromatic carbocycles. The van der Waals surface area contributed by atoms with Gasteiger partial charge in [0, 0.05) is 0 Å². The molecule has 2 rings (SSSR count). The summed E-state index contributed by atoms with van der Waals surface area (Å²) in [7, 11) is 0. The van der Waals surface area contributed by atoms with Gasteiger partial charge < -0.3 is 0 Å². The highest BCUT2D eigenvalue weighted by atomic mass is 19.4. The number of halogens is 3. The molecule has 0 spiro atoms. The lowest BCUT2D eigenvalue weighted by Gasteiger charge is -2.06. The topological polar surface area (TPSA) is 24.4 Å². The second kappa shape index (κ2) is 5.77. The van der Waals surface area contributed by atoms with Crippen molar-refractivity contribution in [1.29, 1.82) is 0 Å². The van der Waals surface area contributed by atoms with Gasteiger partial charge in [0.2, 0.25) is 0 Å². The molecule has 104 valence electrons. The first-order valence-electron chi connectivity index (χ1n) is 5.98. The van der Waals surface area contributed by atoms with E-state index in [1.807, 2.05) is 31.2 Å². The molecule has 0 unspecified atom stereocenters. The standard InChI is InChI=1S/C15H13F3N2/c1-11-5-7-14(8-6-11)20-19-10-12-3-2-4-13(9-12)15(16,17)18/h2-10,20H,1H3/b19-10+. The number of nitrogens with one attached hydrogen (secondary N) is 1. The highest BCUT2D eigenvalue weighted by Crippen LogP contribution is 2.29. The number of rotatable bonds is 3. The van der Waals surface area contributed by atoms with Crippen LogP contribution in [0.15, 0.2) is 53.6 Å². The second-order valence-corrected chi connectivity index (χ2v) is 4.36. The van der Waals surface area contributed by atoms with E-state index in [9.17, 15) is 13.2 Å². The van der Waals surface area contributed by atoms with Crippen LogP contribution >= 0.6 is 0 Å². The molecule has 0 aromatic heterocycles. The molecule has 0 fully saturated rings. The van der Waals surface area contributed by atoms with Crippen LogP contribution in [0.3, 0.4) is 0 Å². The number of nitrogens with zero attached hydrogens (tertiary/aromatic N) is 1. The number of hydrogen-bond acceptors (Lipinski definition) is 2. The molecule has 0 aliphatic carbocycles. The van der Waals surface area contributed by atoms with E-state index in [-0.39, 0.29) is 0 Å². The van der Waals surface area contributed by atoms with Crippen molar-refractivity contribution in [2.75, 3.05) is 5.43 Å². The Morgan fingerprint density at radius 2 is 1.75 bits per heavy atom. The minimum atomic E-state index is -4.34. The number of hydrogen-bond donors (Lipinski definition) is 1. The van der Waals surface area contributed by atoms with Gasteiger partial charge in [0.15, 0.2) is 0 Å². The molecular formula is C15H13F3N2. The fourth-order valence-electron chi connectivity index (χ4n) is 1.60. The minimum absolute atomic E-state index is 0.388. The van der Waals surface area contributed by atoms with Crippen molar-refractivity contribution in [3.63, 3.8) is 0 Å². The number of hydrazone groups is 1. The first-order chi connectivity index (χ1) is 9.45. The van der Waals surface area contributed by atoms with Crippen molar-refractivity contribution in [2.24, 2.45) is 5.10 Å². The summed E-state index contributed by atoms with van der Waals surface area (Å²) in [5.74, 6) is 0. The molecule has 0 saturated heterocycles. The van der Waals surface area contributed by atoms with Gasteiger partial charge in [-0.25, -0.2) is 0 Å². The maximum atomic E-state index is 12.5. The first-order valence-corrected chi connectivity index (χ1v) is 5.98. The lowest BCUT2D eigenvalue weighted by atomic mass is 10.1. The highest BCUT2D eigenvalue weighted by molar-refractivity contribution is 5.80. The lowest BCUT2D eigenvalue weighted by Crippen LogP contribution is -2.05. The van der Waals surface area contributed by atoms with Gasteiger partial charge in [0.05, 0.1) is 17.5 Å². The molecule has 1 N–H and O–H groups in total. The SMILES string of the molecule is Cc1ccc(N/N=C/c2cccc(C(F)(F)F)c2)cc1. The van der Waals surface area contributed by atoms with Gasteiger partial charge in [-0.2, -0.15) is 18.3 Å². The van der Waals surface area contributed by atoms with Gasteiger partial charge in [-0.3, -0.25) is 5.43 Å². The monoisotopic (exact) mass is 278 g/mol. The number of alkyl halides is 3. The zero-order valence-corrected chi connectivity index (χ0v) is 10.8. The van der Waals surface area contributed by atoms with Crippen LogP contribution < -0.4 is 5.43 Å². The first kappa shape index (κ1) is 14.1. The molecule has 0 saturated carbocycles. The van der Waals surface area contributed by atoms with Crippen LogP contribution in [0.5, 0.6) is 0 Å².